The fourth-order valence-electron chi connectivity index (χ4n) is 3.16. The largest absolute Gasteiger partial charge is 0.508 e. The fourth-order valence-corrected chi connectivity index (χ4v) is 7.51. The molecule has 2 aliphatic rings. The molecule has 2 atom stereocenters. The number of nitrogens with zero attached hydrogens (tertiary/aromatic N) is 1. The van der Waals surface area contributed by atoms with Crippen LogP contribution in [0.15, 0.2) is 48.8 Å². The standard InChI is InChI=1S/C22H32INO2S/c1-13-10-17(25)16(21(6,7)8)12-22(13,9)27-18-11-15(20(3,4)5)19(24-26)23-14(18)2/h10-13,25H,1-9H3/t13?,22-/m0/s1. The summed E-state index contributed by atoms with van der Waals surface area (Å²) in [7, 11) is 0. The Balaban J connectivity index is 2.51. The summed E-state index contributed by atoms with van der Waals surface area (Å²) in [5.74, 6) is 0.606. The van der Waals surface area contributed by atoms with Crippen LogP contribution in [-0.2, 0) is 0 Å². The molecule has 0 aromatic heterocycles. The van der Waals surface area contributed by atoms with E-state index in [1.165, 1.54) is 8.48 Å². The van der Waals surface area contributed by atoms with Gasteiger partial charge in [0, 0.05) is 9.65 Å². The minimum atomic E-state index is -0.528. The number of nitroso groups, excluding NO2 is 1. The molecule has 0 radical (unpaired) electrons. The van der Waals surface area contributed by atoms with E-state index in [-0.39, 0.29) is 21.5 Å². The topological polar surface area (TPSA) is 49.7 Å². The van der Waals surface area contributed by atoms with Crippen molar-refractivity contribution in [2.75, 3.05) is 0 Å². The first-order valence-corrected chi connectivity index (χ1v) is 12.3. The van der Waals surface area contributed by atoms with E-state index in [2.05, 4.69) is 79.6 Å². The van der Waals surface area contributed by atoms with E-state index >= 15 is 0 Å². The van der Waals surface area contributed by atoms with Crippen LogP contribution in [0.2, 0.25) is 0 Å². The summed E-state index contributed by atoms with van der Waals surface area (Å²) in [6.45, 7) is 19.4. The van der Waals surface area contributed by atoms with Crippen LogP contribution in [-0.4, -0.2) is 13.5 Å². The van der Waals surface area contributed by atoms with Gasteiger partial charge in [0.15, 0.2) is 0 Å². The third-order valence-electron chi connectivity index (χ3n) is 5.11. The van der Waals surface area contributed by atoms with Crippen molar-refractivity contribution in [1.29, 1.82) is 0 Å². The van der Waals surface area contributed by atoms with Gasteiger partial charge in [0.1, 0.15) is 9.39 Å². The molecule has 0 bridgehead atoms. The van der Waals surface area contributed by atoms with E-state index in [9.17, 15) is 10.0 Å². The molecular weight excluding hydrogens is 469 g/mol. The van der Waals surface area contributed by atoms with E-state index in [0.717, 1.165) is 14.8 Å². The second-order valence-corrected chi connectivity index (χ2v) is 14.3. The lowest BCUT2D eigenvalue weighted by atomic mass is 9.77. The Hall–Kier alpha value is -0.690. The number of hydrogen-bond donors (Lipinski definition) is 1. The molecule has 1 aliphatic heterocycles. The van der Waals surface area contributed by atoms with Crippen molar-refractivity contribution >= 4 is 36.1 Å². The van der Waals surface area contributed by atoms with Crippen LogP contribution in [0.1, 0.15) is 62.3 Å². The SMILES string of the molecule is CC1=C(S[C@@]2(C)C=C(C(C)(C)C)C(O)=CC2C)C=C(C(C)(C)C)C(N=O)=I1. The number of aliphatic hydroxyl groups excluding tert-OH is 1. The molecule has 2 rings (SSSR count). The van der Waals surface area contributed by atoms with Crippen molar-refractivity contribution in [2.24, 2.45) is 21.9 Å². The van der Waals surface area contributed by atoms with Crippen molar-refractivity contribution in [3.05, 3.63) is 48.5 Å². The zero-order valence-electron chi connectivity index (χ0n) is 17.9. The number of rotatable bonds is 3. The second kappa shape index (κ2) is 7.62. The second-order valence-electron chi connectivity index (χ2n) is 9.62. The molecule has 0 spiro atoms. The third-order valence-corrected chi connectivity index (χ3v) is 9.73. The average molecular weight is 501 g/mol. The zero-order valence-corrected chi connectivity index (χ0v) is 20.9. The highest BCUT2D eigenvalue weighted by atomic mass is 127. The van der Waals surface area contributed by atoms with E-state index in [0.29, 0.717) is 5.76 Å². The molecule has 0 saturated carbocycles. The quantitative estimate of drug-likeness (QED) is 0.320. The Morgan fingerprint density at radius 2 is 1.70 bits per heavy atom. The Morgan fingerprint density at radius 3 is 2.19 bits per heavy atom. The number of thioether (sulfide) groups is 1. The molecule has 0 amide bonds. The summed E-state index contributed by atoms with van der Waals surface area (Å²) < 4.78 is 1.90. The molecule has 5 heteroatoms. The fraction of sp³-hybridized carbons (Fsp3) is 0.591. The lowest BCUT2D eigenvalue weighted by Crippen LogP contribution is -2.32. The maximum absolute atomic E-state index is 11.4. The highest BCUT2D eigenvalue weighted by Crippen LogP contribution is 2.51. The van der Waals surface area contributed by atoms with Crippen molar-refractivity contribution in [2.45, 2.75) is 67.1 Å². The zero-order chi connectivity index (χ0) is 20.8. The first kappa shape index (κ1) is 22.6. The Kier molecular flexibility index (Phi) is 6.38. The molecule has 1 heterocycles. The third kappa shape index (κ3) is 4.84. The number of hydrogen-bond acceptors (Lipinski definition) is 4. The molecule has 1 N–H and O–H groups in total. The molecule has 3 nitrogen and oxygen atoms in total. The maximum Gasteiger partial charge on any atom is 0.144 e. The summed E-state index contributed by atoms with van der Waals surface area (Å²) in [6, 6.07) is 0. The van der Waals surface area contributed by atoms with E-state index < -0.39 is 20.7 Å². The van der Waals surface area contributed by atoms with Crippen molar-refractivity contribution in [1.82, 2.24) is 0 Å². The molecule has 27 heavy (non-hydrogen) atoms. The van der Waals surface area contributed by atoms with Gasteiger partial charge >= 0.3 is 0 Å². The Labute approximate surface area is 178 Å². The number of halogens is 1. The Bertz CT molecular complexity index is 803. The molecule has 1 unspecified atom stereocenters. The van der Waals surface area contributed by atoms with Crippen LogP contribution in [0.25, 0.3) is 0 Å². The molecular formula is C22H32INO2S. The van der Waals surface area contributed by atoms with Crippen LogP contribution in [0.4, 0.5) is 0 Å². The van der Waals surface area contributed by atoms with Crippen LogP contribution in [0, 0.1) is 21.7 Å². The summed E-state index contributed by atoms with van der Waals surface area (Å²) >= 11 is 1.33. The average Bonchev–Trinajstić information content (AvgIpc) is 2.50. The summed E-state index contributed by atoms with van der Waals surface area (Å²) in [4.78, 5) is 12.6. The summed E-state index contributed by atoms with van der Waals surface area (Å²) in [6.07, 6.45) is 6.42. The smallest absolute Gasteiger partial charge is 0.144 e. The van der Waals surface area contributed by atoms with E-state index in [1.54, 1.807) is 0 Å². The van der Waals surface area contributed by atoms with Crippen molar-refractivity contribution in [3.63, 3.8) is 0 Å². The van der Waals surface area contributed by atoms with Crippen molar-refractivity contribution < 1.29 is 5.11 Å². The summed E-state index contributed by atoms with van der Waals surface area (Å²) in [5.41, 5.74) is 1.87. The first-order chi connectivity index (χ1) is 12.2. The summed E-state index contributed by atoms with van der Waals surface area (Å²) in [5, 5.41) is 13.9. The van der Waals surface area contributed by atoms with Gasteiger partial charge in [-0.15, -0.1) is 16.7 Å². The first-order valence-electron chi connectivity index (χ1n) is 9.31. The number of aliphatic hydroxyl groups is 1. The van der Waals surface area contributed by atoms with E-state index in [1.807, 2.05) is 17.8 Å². The molecule has 150 valence electrons. The Morgan fingerprint density at radius 1 is 1.15 bits per heavy atom. The molecule has 0 aromatic carbocycles. The molecule has 0 saturated heterocycles. The lowest BCUT2D eigenvalue weighted by molar-refractivity contribution is 0.358. The minimum Gasteiger partial charge on any atom is -0.508 e. The monoisotopic (exact) mass is 501 g/mol. The van der Waals surface area contributed by atoms with Gasteiger partial charge < -0.3 is 5.11 Å². The van der Waals surface area contributed by atoms with Gasteiger partial charge in [-0.3, -0.25) is 0 Å². The highest BCUT2D eigenvalue weighted by Gasteiger charge is 2.38. The van der Waals surface area contributed by atoms with Crippen LogP contribution in [0.3, 0.4) is 0 Å². The lowest BCUT2D eigenvalue weighted by Gasteiger charge is -2.39. The predicted molar refractivity (Wildman–Crippen MR) is 128 cm³/mol. The van der Waals surface area contributed by atoms with Gasteiger partial charge in [-0.05, 0) is 62.7 Å². The van der Waals surface area contributed by atoms with Gasteiger partial charge in [-0.25, -0.2) is 0 Å². The van der Waals surface area contributed by atoms with Crippen LogP contribution >= 0.6 is 32.5 Å². The highest BCUT2D eigenvalue weighted by molar-refractivity contribution is 14.2. The number of allylic oxidation sites excluding steroid dienone is 4. The molecule has 1 aliphatic carbocycles. The normalized spacial score (nSPS) is 27.2. The molecule has 0 aromatic rings. The van der Waals surface area contributed by atoms with Crippen molar-refractivity contribution in [3.8, 4) is 0 Å². The van der Waals surface area contributed by atoms with Gasteiger partial charge in [0.2, 0.25) is 0 Å². The minimum absolute atomic E-state index is 0.0981. The maximum atomic E-state index is 11.4. The van der Waals surface area contributed by atoms with Gasteiger partial charge in [-0.2, -0.15) is 0 Å². The van der Waals surface area contributed by atoms with Crippen LogP contribution < -0.4 is 0 Å². The van der Waals surface area contributed by atoms with Gasteiger partial charge in [-0.1, -0.05) is 75.3 Å². The van der Waals surface area contributed by atoms with Crippen LogP contribution in [0.5, 0.6) is 0 Å². The molecule has 0 fully saturated rings. The van der Waals surface area contributed by atoms with E-state index in [4.69, 9.17) is 0 Å². The van der Waals surface area contributed by atoms with Gasteiger partial charge in [0.05, 0.1) is 0 Å². The van der Waals surface area contributed by atoms with Gasteiger partial charge in [0.25, 0.3) is 0 Å². The predicted octanol–water partition coefficient (Wildman–Crippen LogP) is 7.63.